The van der Waals surface area contributed by atoms with E-state index in [-0.39, 0.29) is 0 Å². The van der Waals surface area contributed by atoms with E-state index in [0.717, 1.165) is 0 Å². The van der Waals surface area contributed by atoms with Gasteiger partial charge in [0.15, 0.2) is 0 Å². The van der Waals surface area contributed by atoms with Crippen LogP contribution in [0.3, 0.4) is 0 Å². The van der Waals surface area contributed by atoms with Crippen LogP contribution < -0.4 is 9.64 Å². The van der Waals surface area contributed by atoms with Crippen LogP contribution in [0.4, 0.5) is 10.5 Å². The van der Waals surface area contributed by atoms with Gasteiger partial charge in [-0.25, -0.2) is 9.59 Å². The number of carbonyl (C=O) groups is 2. The minimum Gasteiger partial charge on any atom is -0.490 e. The molecule has 0 spiro atoms. The minimum absolute atomic E-state index is 0.344. The number of carbonyl (C=O) groups excluding carboxylic acids is 2. The largest absolute Gasteiger partial charge is 0.490 e. The van der Waals surface area contributed by atoms with Crippen molar-refractivity contribution in [1.29, 1.82) is 0 Å². The molecule has 0 N–H and O–H groups in total. The Balaban J connectivity index is 2.28. The number of nitrogens with zero attached hydrogens (tertiary/aromatic N) is 1. The Kier molecular flexibility index (Phi) is 4.06. The van der Waals surface area contributed by atoms with Crippen molar-refractivity contribution in [3.05, 3.63) is 23.8 Å². The Bertz CT molecular complexity index is 562. The summed E-state index contributed by atoms with van der Waals surface area (Å²) in [4.78, 5) is 25.2. The van der Waals surface area contributed by atoms with Gasteiger partial charge in [0.1, 0.15) is 18.0 Å². The molecule has 0 atom stereocenters. The summed E-state index contributed by atoms with van der Waals surface area (Å²) >= 11 is 0. The SMILES string of the molecule is COC(=O)c1ccc2c(c1)OCCN2C(=O)OC(C)(C)C. The van der Waals surface area contributed by atoms with Crippen molar-refractivity contribution in [2.24, 2.45) is 0 Å². The first-order valence-corrected chi connectivity index (χ1v) is 6.67. The molecular weight excluding hydrogens is 274 g/mol. The monoisotopic (exact) mass is 293 g/mol. The molecule has 114 valence electrons. The third-order valence-corrected chi connectivity index (χ3v) is 2.86. The quantitative estimate of drug-likeness (QED) is 0.745. The van der Waals surface area contributed by atoms with E-state index in [0.29, 0.717) is 30.2 Å². The van der Waals surface area contributed by atoms with Crippen molar-refractivity contribution in [2.45, 2.75) is 26.4 Å². The van der Waals surface area contributed by atoms with Crippen LogP contribution in [-0.2, 0) is 9.47 Å². The van der Waals surface area contributed by atoms with Gasteiger partial charge in [-0.3, -0.25) is 4.90 Å². The van der Waals surface area contributed by atoms with Crippen molar-refractivity contribution in [3.8, 4) is 5.75 Å². The van der Waals surface area contributed by atoms with Crippen LogP contribution in [0.25, 0.3) is 0 Å². The van der Waals surface area contributed by atoms with Crippen LogP contribution in [-0.4, -0.2) is 37.9 Å². The van der Waals surface area contributed by atoms with E-state index in [9.17, 15) is 9.59 Å². The second-order valence-electron chi connectivity index (χ2n) is 5.65. The molecule has 1 amide bonds. The second kappa shape index (κ2) is 5.63. The Morgan fingerprint density at radius 3 is 2.62 bits per heavy atom. The predicted octanol–water partition coefficient (Wildman–Crippen LogP) is 2.61. The molecule has 0 fully saturated rings. The van der Waals surface area contributed by atoms with Gasteiger partial charge < -0.3 is 14.2 Å². The first-order chi connectivity index (χ1) is 9.81. The van der Waals surface area contributed by atoms with E-state index >= 15 is 0 Å². The summed E-state index contributed by atoms with van der Waals surface area (Å²) < 4.78 is 15.6. The maximum Gasteiger partial charge on any atom is 0.415 e. The fourth-order valence-corrected chi connectivity index (χ4v) is 1.97. The van der Waals surface area contributed by atoms with Crippen LogP contribution in [0.2, 0.25) is 0 Å². The minimum atomic E-state index is -0.568. The molecule has 0 aromatic heterocycles. The average Bonchev–Trinajstić information content (AvgIpc) is 2.43. The van der Waals surface area contributed by atoms with Gasteiger partial charge in [0, 0.05) is 0 Å². The first-order valence-electron chi connectivity index (χ1n) is 6.67. The fourth-order valence-electron chi connectivity index (χ4n) is 1.97. The van der Waals surface area contributed by atoms with Gasteiger partial charge in [0.25, 0.3) is 0 Å². The number of esters is 1. The van der Waals surface area contributed by atoms with Gasteiger partial charge >= 0.3 is 12.1 Å². The molecule has 6 heteroatoms. The lowest BCUT2D eigenvalue weighted by Gasteiger charge is -2.31. The van der Waals surface area contributed by atoms with Crippen LogP contribution in [0.1, 0.15) is 31.1 Å². The summed E-state index contributed by atoms with van der Waals surface area (Å²) in [6.07, 6.45) is -0.433. The molecule has 1 aliphatic rings. The molecular formula is C15H19NO5. The van der Waals surface area contributed by atoms with E-state index in [1.165, 1.54) is 12.0 Å². The number of hydrogen-bond donors (Lipinski definition) is 0. The molecule has 1 aromatic carbocycles. The molecule has 0 saturated carbocycles. The van der Waals surface area contributed by atoms with Gasteiger partial charge in [0.05, 0.1) is 24.9 Å². The highest BCUT2D eigenvalue weighted by atomic mass is 16.6. The number of methoxy groups -OCH3 is 1. The highest BCUT2D eigenvalue weighted by Gasteiger charge is 2.28. The van der Waals surface area contributed by atoms with E-state index in [2.05, 4.69) is 4.74 Å². The predicted molar refractivity (Wildman–Crippen MR) is 76.9 cm³/mol. The first kappa shape index (κ1) is 15.2. The van der Waals surface area contributed by atoms with Crippen molar-refractivity contribution in [3.63, 3.8) is 0 Å². The number of fused-ring (bicyclic) bond motifs is 1. The lowest BCUT2D eigenvalue weighted by atomic mass is 10.1. The topological polar surface area (TPSA) is 65.1 Å². The summed E-state index contributed by atoms with van der Waals surface area (Å²) in [6, 6.07) is 4.82. The van der Waals surface area contributed by atoms with Crippen LogP contribution in [0, 0.1) is 0 Å². The molecule has 1 heterocycles. The Hall–Kier alpha value is -2.24. The lowest BCUT2D eigenvalue weighted by Crippen LogP contribution is -2.41. The molecule has 0 aliphatic carbocycles. The molecule has 0 bridgehead atoms. The summed E-state index contributed by atoms with van der Waals surface area (Å²) in [6.45, 7) is 6.18. The standard InChI is InChI=1S/C15H19NO5/c1-15(2,3)21-14(18)16-7-8-20-12-9-10(13(17)19-4)5-6-11(12)16/h5-6,9H,7-8H2,1-4H3. The molecule has 21 heavy (non-hydrogen) atoms. The lowest BCUT2D eigenvalue weighted by molar-refractivity contribution is 0.0567. The number of rotatable bonds is 1. The zero-order chi connectivity index (χ0) is 15.6. The van der Waals surface area contributed by atoms with Crippen molar-refractivity contribution >= 4 is 17.7 Å². The Morgan fingerprint density at radius 2 is 2.00 bits per heavy atom. The van der Waals surface area contributed by atoms with Gasteiger partial charge in [-0.2, -0.15) is 0 Å². The van der Waals surface area contributed by atoms with Crippen LogP contribution in [0.15, 0.2) is 18.2 Å². The highest BCUT2D eigenvalue weighted by Crippen LogP contribution is 2.33. The van der Waals surface area contributed by atoms with Gasteiger partial charge in [-0.1, -0.05) is 0 Å². The molecule has 2 rings (SSSR count). The maximum atomic E-state index is 12.2. The summed E-state index contributed by atoms with van der Waals surface area (Å²) in [7, 11) is 1.32. The Morgan fingerprint density at radius 1 is 1.29 bits per heavy atom. The number of hydrogen-bond acceptors (Lipinski definition) is 5. The van der Waals surface area contributed by atoms with Gasteiger partial charge in [-0.15, -0.1) is 0 Å². The molecule has 1 aromatic rings. The second-order valence-corrected chi connectivity index (χ2v) is 5.65. The number of benzene rings is 1. The van der Waals surface area contributed by atoms with Crippen LogP contribution >= 0.6 is 0 Å². The summed E-state index contributed by atoms with van der Waals surface area (Å²) in [5.74, 6) is 0.0193. The van der Waals surface area contributed by atoms with Gasteiger partial charge in [-0.05, 0) is 39.0 Å². The van der Waals surface area contributed by atoms with E-state index in [1.54, 1.807) is 18.2 Å². The summed E-state index contributed by atoms with van der Waals surface area (Å²) in [5, 5.41) is 0. The maximum absolute atomic E-state index is 12.2. The number of ether oxygens (including phenoxy) is 3. The fraction of sp³-hybridized carbons (Fsp3) is 0.467. The van der Waals surface area contributed by atoms with Crippen LogP contribution in [0.5, 0.6) is 5.75 Å². The molecule has 0 radical (unpaired) electrons. The normalized spacial score (nSPS) is 14.0. The van der Waals surface area contributed by atoms with Crippen molar-refractivity contribution < 1.29 is 23.8 Å². The van der Waals surface area contributed by atoms with E-state index < -0.39 is 17.7 Å². The number of anilines is 1. The third kappa shape index (κ3) is 3.45. The smallest absolute Gasteiger partial charge is 0.415 e. The van der Waals surface area contributed by atoms with Crippen molar-refractivity contribution in [2.75, 3.05) is 25.2 Å². The number of amides is 1. The third-order valence-electron chi connectivity index (χ3n) is 2.86. The molecule has 0 saturated heterocycles. The summed E-state index contributed by atoms with van der Waals surface area (Å²) in [5.41, 5.74) is 0.395. The van der Waals surface area contributed by atoms with Gasteiger partial charge in [0.2, 0.25) is 0 Å². The molecule has 6 nitrogen and oxygen atoms in total. The average molecular weight is 293 g/mol. The zero-order valence-corrected chi connectivity index (χ0v) is 12.6. The van der Waals surface area contributed by atoms with E-state index in [1.807, 2.05) is 20.8 Å². The van der Waals surface area contributed by atoms with Crippen molar-refractivity contribution in [1.82, 2.24) is 0 Å². The Labute approximate surface area is 123 Å². The zero-order valence-electron chi connectivity index (χ0n) is 12.6. The molecule has 0 unspecified atom stereocenters. The highest BCUT2D eigenvalue weighted by molar-refractivity contribution is 5.94. The van der Waals surface area contributed by atoms with E-state index in [4.69, 9.17) is 9.47 Å². The molecule has 1 aliphatic heterocycles.